The van der Waals surface area contributed by atoms with E-state index in [-0.39, 0.29) is 12.0 Å². The standard InChI is InChI=1S/C11H17F3N2O3/c1-6(7-4-3-5-7)15-9(19)16-10(2,8(17)18)11(12,13)14/h6-7H,3-5H2,1-2H3,(H,17,18)(H2,15,16,19). The van der Waals surface area contributed by atoms with E-state index < -0.39 is 23.7 Å². The molecule has 5 nitrogen and oxygen atoms in total. The van der Waals surface area contributed by atoms with Crippen LogP contribution in [0.15, 0.2) is 0 Å². The van der Waals surface area contributed by atoms with Gasteiger partial charge in [0.05, 0.1) is 0 Å². The third-order valence-electron chi connectivity index (χ3n) is 3.57. The molecule has 2 atom stereocenters. The molecule has 0 radical (unpaired) electrons. The summed E-state index contributed by atoms with van der Waals surface area (Å²) in [5.41, 5.74) is -3.30. The minimum Gasteiger partial charge on any atom is -0.479 e. The third kappa shape index (κ3) is 3.30. The van der Waals surface area contributed by atoms with Crippen LogP contribution in [0.5, 0.6) is 0 Å². The number of carboxylic acids is 1. The molecule has 0 saturated heterocycles. The topological polar surface area (TPSA) is 78.4 Å². The number of nitrogens with one attached hydrogen (secondary N) is 2. The summed E-state index contributed by atoms with van der Waals surface area (Å²) < 4.78 is 38.0. The number of carboxylic acid groups (broad SMARTS) is 1. The van der Waals surface area contributed by atoms with E-state index in [9.17, 15) is 22.8 Å². The van der Waals surface area contributed by atoms with Gasteiger partial charge in [0, 0.05) is 6.04 Å². The summed E-state index contributed by atoms with van der Waals surface area (Å²) in [5.74, 6) is -1.90. The summed E-state index contributed by atoms with van der Waals surface area (Å²) in [6.45, 7) is 2.11. The van der Waals surface area contributed by atoms with Crippen LogP contribution < -0.4 is 10.6 Å². The Morgan fingerprint density at radius 1 is 1.32 bits per heavy atom. The van der Waals surface area contributed by atoms with Crippen molar-refractivity contribution in [1.82, 2.24) is 10.6 Å². The lowest BCUT2D eigenvalue weighted by atomic mass is 9.80. The van der Waals surface area contributed by atoms with Crippen molar-refractivity contribution in [3.63, 3.8) is 0 Å². The minimum absolute atomic E-state index is 0.243. The van der Waals surface area contributed by atoms with Crippen molar-refractivity contribution in [3.05, 3.63) is 0 Å². The van der Waals surface area contributed by atoms with Crippen LogP contribution in [0.25, 0.3) is 0 Å². The summed E-state index contributed by atoms with van der Waals surface area (Å²) in [6.07, 6.45) is -2.21. The monoisotopic (exact) mass is 282 g/mol. The molecule has 0 bridgehead atoms. The number of hydrogen-bond donors (Lipinski definition) is 3. The smallest absolute Gasteiger partial charge is 0.422 e. The number of carbonyl (C=O) groups excluding carboxylic acids is 1. The lowest BCUT2D eigenvalue weighted by molar-refractivity contribution is -0.203. The van der Waals surface area contributed by atoms with Crippen LogP contribution in [0.3, 0.4) is 0 Å². The van der Waals surface area contributed by atoms with Crippen molar-refractivity contribution < 1.29 is 27.9 Å². The number of halogens is 3. The van der Waals surface area contributed by atoms with Gasteiger partial charge in [0.15, 0.2) is 0 Å². The first-order valence-corrected chi connectivity index (χ1v) is 5.96. The van der Waals surface area contributed by atoms with E-state index in [1.165, 1.54) is 5.32 Å². The van der Waals surface area contributed by atoms with Crippen LogP contribution in [0.2, 0.25) is 0 Å². The van der Waals surface area contributed by atoms with E-state index in [2.05, 4.69) is 5.32 Å². The van der Waals surface area contributed by atoms with Crippen LogP contribution in [0, 0.1) is 5.92 Å². The van der Waals surface area contributed by atoms with Crippen LogP contribution >= 0.6 is 0 Å². The molecule has 2 amide bonds. The van der Waals surface area contributed by atoms with Crippen molar-refractivity contribution in [2.24, 2.45) is 5.92 Å². The quantitative estimate of drug-likeness (QED) is 0.736. The molecule has 2 unspecified atom stereocenters. The molecule has 1 rings (SSSR count). The number of alkyl halides is 3. The van der Waals surface area contributed by atoms with Gasteiger partial charge in [-0.2, -0.15) is 13.2 Å². The first-order valence-electron chi connectivity index (χ1n) is 5.96. The van der Waals surface area contributed by atoms with Gasteiger partial charge in [0.2, 0.25) is 5.54 Å². The molecule has 8 heteroatoms. The summed E-state index contributed by atoms with van der Waals surface area (Å²) in [7, 11) is 0. The fraction of sp³-hybridized carbons (Fsp3) is 0.818. The molecule has 3 N–H and O–H groups in total. The average molecular weight is 282 g/mol. The summed E-state index contributed by atoms with van der Waals surface area (Å²) in [4.78, 5) is 22.2. The first-order chi connectivity index (χ1) is 8.58. The molecule has 1 saturated carbocycles. The van der Waals surface area contributed by atoms with E-state index in [4.69, 9.17) is 5.11 Å². The van der Waals surface area contributed by atoms with Crippen molar-refractivity contribution in [2.45, 2.75) is 50.9 Å². The fourth-order valence-corrected chi connectivity index (χ4v) is 1.77. The number of amides is 2. The molecule has 0 spiro atoms. The van der Waals surface area contributed by atoms with Gasteiger partial charge in [0.1, 0.15) is 0 Å². The van der Waals surface area contributed by atoms with E-state index in [0.717, 1.165) is 19.3 Å². The molecule has 0 aromatic heterocycles. The van der Waals surface area contributed by atoms with E-state index in [1.807, 2.05) is 0 Å². The maximum atomic E-state index is 12.7. The predicted molar refractivity (Wildman–Crippen MR) is 60.6 cm³/mol. The summed E-state index contributed by atoms with van der Waals surface area (Å²) in [5, 5.41) is 12.5. The highest BCUT2D eigenvalue weighted by atomic mass is 19.4. The SMILES string of the molecule is CC(NC(=O)NC(C)(C(=O)O)C(F)(F)F)C1CCC1. The van der Waals surface area contributed by atoms with Crippen LogP contribution in [-0.2, 0) is 4.79 Å². The Morgan fingerprint density at radius 3 is 2.16 bits per heavy atom. The average Bonchev–Trinajstić information content (AvgIpc) is 2.11. The minimum atomic E-state index is -5.07. The number of urea groups is 1. The number of rotatable bonds is 4. The normalized spacial score (nSPS) is 20.9. The second kappa shape index (κ2) is 5.26. The van der Waals surface area contributed by atoms with Gasteiger partial charge < -0.3 is 15.7 Å². The maximum absolute atomic E-state index is 12.7. The molecule has 1 fully saturated rings. The molecule has 110 valence electrons. The summed E-state index contributed by atoms with van der Waals surface area (Å²) >= 11 is 0. The zero-order valence-electron chi connectivity index (χ0n) is 10.7. The third-order valence-corrected chi connectivity index (χ3v) is 3.57. The molecule has 19 heavy (non-hydrogen) atoms. The lowest BCUT2D eigenvalue weighted by Crippen LogP contribution is -2.64. The van der Waals surface area contributed by atoms with Crippen molar-refractivity contribution in [2.75, 3.05) is 0 Å². The molecule has 1 aliphatic carbocycles. The van der Waals surface area contributed by atoms with Gasteiger partial charge in [-0.3, -0.25) is 0 Å². The van der Waals surface area contributed by atoms with Gasteiger partial charge >= 0.3 is 18.2 Å². The Kier molecular flexibility index (Phi) is 4.32. The Hall–Kier alpha value is -1.47. The van der Waals surface area contributed by atoms with Gasteiger partial charge in [0.25, 0.3) is 0 Å². The highest BCUT2D eigenvalue weighted by molar-refractivity contribution is 5.86. The Morgan fingerprint density at radius 2 is 1.84 bits per heavy atom. The molecule has 0 aromatic carbocycles. The molecule has 0 aromatic rings. The van der Waals surface area contributed by atoms with Gasteiger partial charge in [-0.15, -0.1) is 0 Å². The van der Waals surface area contributed by atoms with Crippen LogP contribution in [-0.4, -0.2) is 34.9 Å². The van der Waals surface area contributed by atoms with Gasteiger partial charge in [-0.1, -0.05) is 6.42 Å². The van der Waals surface area contributed by atoms with E-state index >= 15 is 0 Å². The highest BCUT2D eigenvalue weighted by Crippen LogP contribution is 2.31. The Bertz CT molecular complexity index is 369. The summed E-state index contributed by atoms with van der Waals surface area (Å²) in [6, 6.07) is -1.40. The maximum Gasteiger partial charge on any atom is 0.422 e. The van der Waals surface area contributed by atoms with Crippen molar-refractivity contribution >= 4 is 12.0 Å². The lowest BCUT2D eigenvalue weighted by Gasteiger charge is -2.33. The van der Waals surface area contributed by atoms with Crippen molar-refractivity contribution in [1.29, 1.82) is 0 Å². The molecular formula is C11H17F3N2O3. The Labute approximate surface area is 108 Å². The van der Waals surface area contributed by atoms with E-state index in [1.54, 1.807) is 6.92 Å². The van der Waals surface area contributed by atoms with Gasteiger partial charge in [-0.05, 0) is 32.6 Å². The second-order valence-corrected chi connectivity index (χ2v) is 5.01. The fourth-order valence-electron chi connectivity index (χ4n) is 1.77. The van der Waals surface area contributed by atoms with E-state index in [0.29, 0.717) is 6.92 Å². The zero-order chi connectivity index (χ0) is 14.8. The van der Waals surface area contributed by atoms with Gasteiger partial charge in [-0.25, -0.2) is 9.59 Å². The number of hydrogen-bond acceptors (Lipinski definition) is 2. The zero-order valence-corrected chi connectivity index (χ0v) is 10.7. The Balaban J connectivity index is 2.64. The van der Waals surface area contributed by atoms with Crippen molar-refractivity contribution in [3.8, 4) is 0 Å². The molecule has 1 aliphatic rings. The molecule has 0 aliphatic heterocycles. The predicted octanol–water partition coefficient (Wildman–Crippen LogP) is 1.88. The highest BCUT2D eigenvalue weighted by Gasteiger charge is 2.58. The second-order valence-electron chi connectivity index (χ2n) is 5.01. The number of aliphatic carboxylic acids is 1. The molecular weight excluding hydrogens is 265 g/mol. The first kappa shape index (κ1) is 15.6. The number of carbonyl (C=O) groups is 2. The largest absolute Gasteiger partial charge is 0.479 e. The molecule has 0 heterocycles. The van der Waals surface area contributed by atoms with Crippen LogP contribution in [0.1, 0.15) is 33.1 Å². The van der Waals surface area contributed by atoms with Crippen LogP contribution in [0.4, 0.5) is 18.0 Å².